The first-order valence-corrected chi connectivity index (χ1v) is 10.8. The third-order valence-electron chi connectivity index (χ3n) is 3.93. The van der Waals surface area contributed by atoms with Gasteiger partial charge in [-0.3, -0.25) is 12.7 Å². The molecular formula is C20H39IN2O4. The van der Waals surface area contributed by atoms with Gasteiger partial charge in [0.05, 0.1) is 28.5 Å². The number of ether oxygens (including phenoxy) is 2. The third-order valence-corrected chi connectivity index (χ3v) is 4.95. The largest absolute Gasteiger partial charge is 0.382 e. The van der Waals surface area contributed by atoms with Crippen LogP contribution in [0.25, 0.3) is 0 Å². The van der Waals surface area contributed by atoms with E-state index in [2.05, 4.69) is 49.0 Å². The molecule has 160 valence electrons. The molecule has 0 spiro atoms. The van der Waals surface area contributed by atoms with E-state index in [4.69, 9.17) is 9.47 Å². The maximum atomic E-state index is 12.4. The van der Waals surface area contributed by atoms with Crippen molar-refractivity contribution in [3.05, 3.63) is 0 Å². The lowest BCUT2D eigenvalue weighted by atomic mass is 9.80. The van der Waals surface area contributed by atoms with E-state index in [0.717, 1.165) is 12.8 Å². The smallest absolute Gasteiger partial charge is 0.246 e. The molecule has 0 aliphatic heterocycles. The molecule has 0 radical (unpaired) electrons. The number of amides is 2. The third kappa shape index (κ3) is 15.2. The van der Waals surface area contributed by atoms with Crippen LogP contribution >= 0.6 is 22.9 Å². The minimum absolute atomic E-state index is 0.0731. The van der Waals surface area contributed by atoms with Crippen LogP contribution in [0.1, 0.15) is 67.7 Å². The molecule has 0 saturated heterocycles. The zero-order chi connectivity index (χ0) is 21.1. The van der Waals surface area contributed by atoms with Gasteiger partial charge in [0.2, 0.25) is 11.8 Å². The van der Waals surface area contributed by atoms with Gasteiger partial charge in [0.15, 0.2) is 0 Å². The highest BCUT2D eigenvalue weighted by Crippen LogP contribution is 2.30. The molecule has 0 aliphatic rings. The topological polar surface area (TPSA) is 67.9 Å². The van der Waals surface area contributed by atoms with Crippen LogP contribution in [0.2, 0.25) is 0 Å². The van der Waals surface area contributed by atoms with Crippen LogP contribution in [-0.2, 0) is 19.1 Å². The summed E-state index contributed by atoms with van der Waals surface area (Å²) >= 11 is 2.09. The van der Waals surface area contributed by atoms with Gasteiger partial charge in [0, 0.05) is 32.7 Å². The van der Waals surface area contributed by atoms with Gasteiger partial charge in [-0.25, -0.2) is 0 Å². The zero-order valence-corrected chi connectivity index (χ0v) is 20.3. The average Bonchev–Trinajstić information content (AvgIpc) is 2.53. The predicted octanol–water partition coefficient (Wildman–Crippen LogP) is 3.97. The van der Waals surface area contributed by atoms with Crippen molar-refractivity contribution in [2.45, 2.75) is 73.3 Å². The first-order chi connectivity index (χ1) is 12.4. The Morgan fingerprint density at radius 1 is 1.19 bits per heavy atom. The Kier molecular flexibility index (Phi) is 12.7. The highest BCUT2D eigenvalue weighted by molar-refractivity contribution is 14.1. The molecule has 2 amide bonds. The van der Waals surface area contributed by atoms with Crippen LogP contribution in [0.3, 0.4) is 0 Å². The summed E-state index contributed by atoms with van der Waals surface area (Å²) in [5.74, 6) is 0.331. The van der Waals surface area contributed by atoms with E-state index in [0.29, 0.717) is 32.7 Å². The van der Waals surface area contributed by atoms with Gasteiger partial charge in [-0.15, -0.1) is 0 Å². The predicted molar refractivity (Wildman–Crippen MR) is 118 cm³/mol. The number of hydrogen-bond donors (Lipinski definition) is 1. The first-order valence-electron chi connectivity index (χ1n) is 9.81. The van der Waals surface area contributed by atoms with E-state index >= 15 is 0 Å². The number of carbonyl (C=O) groups excluding carboxylic acids is 2. The van der Waals surface area contributed by atoms with E-state index < -0.39 is 0 Å². The van der Waals surface area contributed by atoms with Gasteiger partial charge in [-0.1, -0.05) is 20.8 Å². The van der Waals surface area contributed by atoms with Crippen molar-refractivity contribution in [1.29, 1.82) is 0 Å². The van der Waals surface area contributed by atoms with Crippen molar-refractivity contribution in [3.8, 4) is 0 Å². The monoisotopic (exact) mass is 498 g/mol. The number of nitrogens with zero attached hydrogens (tertiary/aromatic N) is 1. The summed E-state index contributed by atoms with van der Waals surface area (Å²) in [6, 6.07) is 0. The summed E-state index contributed by atoms with van der Waals surface area (Å²) in [5.41, 5.74) is -0.439. The van der Waals surface area contributed by atoms with Crippen molar-refractivity contribution in [3.63, 3.8) is 0 Å². The van der Waals surface area contributed by atoms with Gasteiger partial charge in [-0.05, 0) is 51.9 Å². The summed E-state index contributed by atoms with van der Waals surface area (Å²) in [7, 11) is 0. The quantitative estimate of drug-likeness (QED) is 0.237. The van der Waals surface area contributed by atoms with Crippen LogP contribution in [0, 0.1) is 11.3 Å². The lowest BCUT2D eigenvalue weighted by molar-refractivity contribution is -0.131. The fourth-order valence-corrected chi connectivity index (χ4v) is 3.29. The second-order valence-corrected chi connectivity index (χ2v) is 10.1. The molecule has 1 atom stereocenters. The van der Waals surface area contributed by atoms with Crippen LogP contribution in [0.4, 0.5) is 0 Å². The van der Waals surface area contributed by atoms with E-state index in [1.165, 1.54) is 0 Å². The normalized spacial score (nSPS) is 13.3. The minimum atomic E-state index is -0.320. The Morgan fingerprint density at radius 2 is 1.81 bits per heavy atom. The Labute approximate surface area is 179 Å². The Hall–Kier alpha value is -0.410. The second-order valence-electron chi connectivity index (χ2n) is 8.89. The summed E-state index contributed by atoms with van der Waals surface area (Å²) in [5, 5.41) is 2.92. The van der Waals surface area contributed by atoms with Crippen LogP contribution < -0.4 is 5.32 Å². The molecule has 7 heteroatoms. The van der Waals surface area contributed by atoms with E-state index in [-0.39, 0.29) is 35.4 Å². The molecule has 0 aliphatic carbocycles. The maximum absolute atomic E-state index is 12.4. The van der Waals surface area contributed by atoms with E-state index in [9.17, 15) is 9.59 Å². The molecule has 0 aromatic rings. The van der Waals surface area contributed by atoms with E-state index in [1.807, 2.05) is 27.7 Å². The van der Waals surface area contributed by atoms with Crippen LogP contribution in [-0.4, -0.2) is 53.4 Å². The lowest BCUT2D eigenvalue weighted by Crippen LogP contribution is -2.36. The number of rotatable bonds is 13. The summed E-state index contributed by atoms with van der Waals surface area (Å²) in [4.78, 5) is 24.3. The van der Waals surface area contributed by atoms with Crippen molar-refractivity contribution in [2.24, 2.45) is 11.3 Å². The first kappa shape index (κ1) is 26.6. The van der Waals surface area contributed by atoms with Gasteiger partial charge >= 0.3 is 0 Å². The molecule has 0 rings (SSSR count). The second kappa shape index (κ2) is 12.9. The van der Waals surface area contributed by atoms with Gasteiger partial charge in [-0.2, -0.15) is 0 Å². The molecule has 1 N–H and O–H groups in total. The highest BCUT2D eigenvalue weighted by Gasteiger charge is 2.26. The fourth-order valence-electron chi connectivity index (χ4n) is 2.78. The number of carbonyl (C=O) groups is 2. The fraction of sp³-hybridized carbons (Fsp3) is 0.900. The minimum Gasteiger partial charge on any atom is -0.382 e. The van der Waals surface area contributed by atoms with E-state index in [1.54, 1.807) is 3.11 Å². The van der Waals surface area contributed by atoms with Crippen molar-refractivity contribution in [1.82, 2.24) is 8.43 Å². The SMILES string of the molecule is CCOCCCN(I)C(=O)CC(C)(C)CC(C)CNC(=O)COC(C)(C)C. The molecule has 6 nitrogen and oxygen atoms in total. The molecule has 0 aromatic heterocycles. The van der Waals surface area contributed by atoms with Gasteiger partial charge in [0.1, 0.15) is 6.61 Å². The van der Waals surface area contributed by atoms with Gasteiger partial charge in [0.25, 0.3) is 0 Å². The van der Waals surface area contributed by atoms with Gasteiger partial charge < -0.3 is 14.8 Å². The van der Waals surface area contributed by atoms with Crippen molar-refractivity contribution >= 4 is 34.7 Å². The Morgan fingerprint density at radius 3 is 2.37 bits per heavy atom. The molecule has 27 heavy (non-hydrogen) atoms. The zero-order valence-electron chi connectivity index (χ0n) is 18.2. The number of halogens is 1. The van der Waals surface area contributed by atoms with Crippen LogP contribution in [0.5, 0.6) is 0 Å². The molecular weight excluding hydrogens is 459 g/mol. The summed E-state index contributed by atoms with van der Waals surface area (Å²) < 4.78 is 12.6. The summed E-state index contributed by atoms with van der Waals surface area (Å²) in [6.07, 6.45) is 2.21. The lowest BCUT2D eigenvalue weighted by Gasteiger charge is -2.29. The Bertz CT molecular complexity index is 450. The highest BCUT2D eigenvalue weighted by atomic mass is 127. The van der Waals surface area contributed by atoms with Crippen molar-refractivity contribution < 1.29 is 19.1 Å². The molecule has 0 fully saturated rings. The number of nitrogens with one attached hydrogen (secondary N) is 1. The van der Waals surface area contributed by atoms with Crippen molar-refractivity contribution in [2.75, 3.05) is 32.9 Å². The molecule has 0 bridgehead atoms. The summed E-state index contributed by atoms with van der Waals surface area (Å²) in [6.45, 7) is 16.8. The number of hydrogen-bond acceptors (Lipinski definition) is 4. The Balaban J connectivity index is 4.20. The standard InChI is InChI=1S/C20H39IN2O4/c1-8-26-11-9-10-23(21)18(25)13-20(6,7)12-16(2)14-22-17(24)15-27-19(3,4)5/h16H,8-15H2,1-7H3,(H,22,24). The molecule has 0 heterocycles. The maximum Gasteiger partial charge on any atom is 0.246 e. The van der Waals surface area contributed by atoms with Crippen LogP contribution in [0.15, 0.2) is 0 Å². The average molecular weight is 498 g/mol. The molecule has 0 aromatic carbocycles. The molecule has 0 saturated carbocycles. The molecule has 1 unspecified atom stereocenters.